The summed E-state index contributed by atoms with van der Waals surface area (Å²) in [5.41, 5.74) is 2.07. The van der Waals surface area contributed by atoms with Crippen molar-refractivity contribution in [2.45, 2.75) is 20.0 Å². The number of methoxy groups -OCH3 is 2. The minimum Gasteiger partial charge on any atom is -0.496 e. The van der Waals surface area contributed by atoms with Crippen molar-refractivity contribution in [3.8, 4) is 11.5 Å². The summed E-state index contributed by atoms with van der Waals surface area (Å²) in [5, 5.41) is 10.8. The minimum absolute atomic E-state index is 0.000436. The van der Waals surface area contributed by atoms with Gasteiger partial charge in [-0.05, 0) is 55.3 Å². The molecule has 0 aliphatic heterocycles. The molecule has 2 aromatic carbocycles. The monoisotopic (exact) mass is 465 g/mol. The van der Waals surface area contributed by atoms with Gasteiger partial charge in [0.15, 0.2) is 6.79 Å². The predicted molar refractivity (Wildman–Crippen MR) is 122 cm³/mol. The average Bonchev–Trinajstić information content (AvgIpc) is 2.76. The van der Waals surface area contributed by atoms with E-state index >= 15 is 0 Å². The Hall–Kier alpha value is -2.71. The number of hydrogen-bond acceptors (Lipinski definition) is 8. The van der Waals surface area contributed by atoms with Gasteiger partial charge in [0, 0.05) is 19.2 Å². The second-order valence-corrected chi connectivity index (χ2v) is 8.60. The molecule has 0 amide bonds. The summed E-state index contributed by atoms with van der Waals surface area (Å²) in [7, 11) is -0.297. The molecule has 0 heterocycles. The highest BCUT2D eigenvalue weighted by molar-refractivity contribution is 7.53. The minimum atomic E-state index is -3.32. The highest BCUT2D eigenvalue weighted by Crippen LogP contribution is 2.52. The van der Waals surface area contributed by atoms with Crippen LogP contribution in [-0.2, 0) is 24.5 Å². The quantitative estimate of drug-likeness (QED) is 0.125. The molecule has 0 N–H and O–H groups in total. The van der Waals surface area contributed by atoms with Crippen LogP contribution in [-0.4, -0.2) is 39.1 Å². The lowest BCUT2D eigenvalue weighted by atomic mass is 10.1. The lowest BCUT2D eigenvalue weighted by Crippen LogP contribution is -2.04. The summed E-state index contributed by atoms with van der Waals surface area (Å²) < 4.78 is 40.1. The Balaban J connectivity index is 2.42. The van der Waals surface area contributed by atoms with Crippen LogP contribution in [0, 0.1) is 10.1 Å². The largest absolute Gasteiger partial charge is 0.496 e. The van der Waals surface area contributed by atoms with Crippen molar-refractivity contribution in [3.05, 3.63) is 63.2 Å². The van der Waals surface area contributed by atoms with Gasteiger partial charge >= 0.3 is 7.60 Å². The van der Waals surface area contributed by atoms with E-state index in [1.165, 1.54) is 26.4 Å². The second kappa shape index (κ2) is 12.4. The molecule has 0 spiro atoms. The van der Waals surface area contributed by atoms with Crippen molar-refractivity contribution < 1.29 is 32.7 Å². The first-order valence-corrected chi connectivity index (χ1v) is 11.7. The maximum atomic E-state index is 13.0. The maximum Gasteiger partial charge on any atom is 0.335 e. The van der Waals surface area contributed by atoms with Crippen LogP contribution in [0.15, 0.2) is 36.4 Å². The van der Waals surface area contributed by atoms with Gasteiger partial charge in [0.05, 0.1) is 37.0 Å². The number of benzene rings is 2. The first-order chi connectivity index (χ1) is 15.4. The highest BCUT2D eigenvalue weighted by Gasteiger charge is 2.25. The van der Waals surface area contributed by atoms with Crippen LogP contribution in [0.3, 0.4) is 0 Å². The van der Waals surface area contributed by atoms with Crippen molar-refractivity contribution in [1.29, 1.82) is 0 Å². The fourth-order valence-corrected chi connectivity index (χ4v) is 4.63. The van der Waals surface area contributed by atoms with Gasteiger partial charge in [0.2, 0.25) is 0 Å². The molecule has 9 nitrogen and oxygen atoms in total. The number of non-ortho nitro benzene ring substituents is 1. The molecule has 0 unspecified atom stereocenters. The number of hydrogen-bond donors (Lipinski definition) is 0. The standard InChI is InChI=1S/C22H28NO8P/c1-5-30-32(26,31-6-2)15-18-13-21(28-4)20(22(14-18)29-16-27-3)12-9-17-7-10-19(11-8-17)23(24)25/h7-14H,5-6,15-16H2,1-4H3/b12-9+. The summed E-state index contributed by atoms with van der Waals surface area (Å²) in [4.78, 5) is 10.4. The third kappa shape index (κ3) is 7.17. The van der Waals surface area contributed by atoms with Crippen molar-refractivity contribution in [1.82, 2.24) is 0 Å². The average molecular weight is 465 g/mol. The Kier molecular flexibility index (Phi) is 9.87. The smallest absolute Gasteiger partial charge is 0.335 e. The molecule has 0 saturated carbocycles. The number of nitrogens with zero attached hydrogens (tertiary/aromatic N) is 1. The topological polar surface area (TPSA) is 106 Å². The molecule has 2 rings (SSSR count). The third-order valence-electron chi connectivity index (χ3n) is 4.29. The summed E-state index contributed by atoms with van der Waals surface area (Å²) in [6.07, 6.45) is 3.62. The van der Waals surface area contributed by atoms with Gasteiger partial charge in [0.1, 0.15) is 11.5 Å². The molecular weight excluding hydrogens is 437 g/mol. The van der Waals surface area contributed by atoms with Crippen LogP contribution in [0.1, 0.15) is 30.5 Å². The van der Waals surface area contributed by atoms with Gasteiger partial charge in [-0.25, -0.2) is 0 Å². The van der Waals surface area contributed by atoms with Gasteiger partial charge < -0.3 is 23.3 Å². The van der Waals surface area contributed by atoms with E-state index in [0.717, 1.165) is 5.56 Å². The molecule has 2 aromatic rings. The molecule has 0 aliphatic carbocycles. The zero-order valence-electron chi connectivity index (χ0n) is 18.6. The summed E-state index contributed by atoms with van der Waals surface area (Å²) >= 11 is 0. The van der Waals surface area contributed by atoms with Gasteiger partial charge in [0.25, 0.3) is 5.69 Å². The first kappa shape index (κ1) is 25.5. The number of nitro benzene ring substituents is 1. The lowest BCUT2D eigenvalue weighted by molar-refractivity contribution is -0.384. The zero-order chi connectivity index (χ0) is 23.6. The molecule has 0 fully saturated rings. The van der Waals surface area contributed by atoms with E-state index in [0.29, 0.717) is 22.6 Å². The molecule has 0 aliphatic rings. The lowest BCUT2D eigenvalue weighted by Gasteiger charge is -2.19. The molecular formula is C22H28NO8P. The van der Waals surface area contributed by atoms with Crippen LogP contribution in [0.5, 0.6) is 11.5 Å². The van der Waals surface area contributed by atoms with E-state index < -0.39 is 12.5 Å². The molecule has 0 aromatic heterocycles. The maximum absolute atomic E-state index is 13.0. The summed E-state index contributed by atoms with van der Waals surface area (Å²) in [6, 6.07) is 9.64. The first-order valence-electron chi connectivity index (χ1n) is 9.99. The zero-order valence-corrected chi connectivity index (χ0v) is 19.5. The second-order valence-electron chi connectivity index (χ2n) is 6.55. The molecule has 32 heavy (non-hydrogen) atoms. The van der Waals surface area contributed by atoms with E-state index in [4.69, 9.17) is 23.3 Å². The third-order valence-corrected chi connectivity index (χ3v) is 6.35. The van der Waals surface area contributed by atoms with Crippen molar-refractivity contribution >= 4 is 25.4 Å². The number of ether oxygens (including phenoxy) is 3. The van der Waals surface area contributed by atoms with Crippen LogP contribution in [0.25, 0.3) is 12.2 Å². The Bertz CT molecular complexity index is 965. The Morgan fingerprint density at radius 2 is 1.62 bits per heavy atom. The predicted octanol–water partition coefficient (Wildman–Crippen LogP) is 5.52. The summed E-state index contributed by atoms with van der Waals surface area (Å²) in [5.74, 6) is 0.949. The van der Waals surface area contributed by atoms with E-state index in [1.807, 2.05) is 0 Å². The van der Waals surface area contributed by atoms with Gasteiger partial charge in [-0.1, -0.05) is 6.08 Å². The van der Waals surface area contributed by atoms with Crippen LogP contribution in [0.4, 0.5) is 5.69 Å². The van der Waals surface area contributed by atoms with E-state index in [2.05, 4.69) is 0 Å². The van der Waals surface area contributed by atoms with Gasteiger partial charge in [-0.15, -0.1) is 0 Å². The Morgan fingerprint density at radius 1 is 1.00 bits per heavy atom. The SMILES string of the molecule is CCOP(=O)(Cc1cc(OC)c(/C=C/c2ccc([N+](=O)[O-])cc2)c(OCOC)c1)OCC. The Labute approximate surface area is 187 Å². The van der Waals surface area contributed by atoms with Crippen molar-refractivity contribution in [2.75, 3.05) is 34.2 Å². The fraction of sp³-hybridized carbons (Fsp3) is 0.364. The van der Waals surface area contributed by atoms with Crippen LogP contribution < -0.4 is 9.47 Å². The van der Waals surface area contributed by atoms with E-state index in [-0.39, 0.29) is 31.9 Å². The normalized spacial score (nSPS) is 11.6. The summed E-state index contributed by atoms with van der Waals surface area (Å²) in [6.45, 7) is 4.03. The van der Waals surface area contributed by atoms with Crippen LogP contribution in [0.2, 0.25) is 0 Å². The number of nitro groups is 1. The van der Waals surface area contributed by atoms with E-state index in [1.54, 1.807) is 50.3 Å². The van der Waals surface area contributed by atoms with Crippen molar-refractivity contribution in [2.24, 2.45) is 0 Å². The molecule has 0 radical (unpaired) electrons. The molecule has 0 atom stereocenters. The molecule has 10 heteroatoms. The fourth-order valence-electron chi connectivity index (χ4n) is 2.95. The van der Waals surface area contributed by atoms with E-state index in [9.17, 15) is 14.7 Å². The highest BCUT2D eigenvalue weighted by atomic mass is 31.2. The van der Waals surface area contributed by atoms with Gasteiger partial charge in [-0.3, -0.25) is 14.7 Å². The molecule has 174 valence electrons. The van der Waals surface area contributed by atoms with Crippen LogP contribution >= 0.6 is 7.60 Å². The van der Waals surface area contributed by atoms with Crippen molar-refractivity contribution in [3.63, 3.8) is 0 Å². The molecule has 0 saturated heterocycles. The molecule has 0 bridgehead atoms. The number of rotatable bonds is 13. The van der Waals surface area contributed by atoms with Gasteiger partial charge in [-0.2, -0.15) is 0 Å². The Morgan fingerprint density at radius 3 is 2.16 bits per heavy atom.